The lowest BCUT2D eigenvalue weighted by Crippen LogP contribution is -2.13. The number of ketones is 1. The predicted molar refractivity (Wildman–Crippen MR) is 70.3 cm³/mol. The summed E-state index contributed by atoms with van der Waals surface area (Å²) in [4.78, 5) is 11.8. The highest BCUT2D eigenvalue weighted by molar-refractivity contribution is 9.10. The Morgan fingerprint density at radius 3 is 2.37 bits per heavy atom. The molecule has 0 unspecified atom stereocenters. The van der Waals surface area contributed by atoms with E-state index in [0.717, 1.165) is 16.6 Å². The van der Waals surface area contributed by atoms with Gasteiger partial charge in [-0.2, -0.15) is 0 Å². The zero-order chi connectivity index (χ0) is 13.8. The monoisotopic (exact) mass is 326 g/mol. The summed E-state index contributed by atoms with van der Waals surface area (Å²) >= 11 is 3.24. The average Bonchev–Trinajstić information content (AvgIpc) is 2.38. The molecule has 2 aromatic carbocycles. The molecule has 0 amide bonds. The van der Waals surface area contributed by atoms with Crippen LogP contribution in [0.4, 0.5) is 8.78 Å². The Kier molecular flexibility index (Phi) is 4.27. The molecule has 2 nitrogen and oxygen atoms in total. The first-order valence-corrected chi connectivity index (χ1v) is 6.23. The molecule has 0 aliphatic carbocycles. The smallest absolute Gasteiger partial charge is 0.200 e. The van der Waals surface area contributed by atoms with Crippen molar-refractivity contribution in [2.75, 3.05) is 6.61 Å². The summed E-state index contributed by atoms with van der Waals surface area (Å²) in [5.74, 6) is -2.56. The van der Waals surface area contributed by atoms with E-state index in [9.17, 15) is 13.6 Å². The maximum absolute atomic E-state index is 13.3. The number of ether oxygens (including phenoxy) is 1. The van der Waals surface area contributed by atoms with Crippen molar-refractivity contribution in [2.45, 2.75) is 0 Å². The number of para-hydroxylation sites is 1. The van der Waals surface area contributed by atoms with Crippen molar-refractivity contribution in [1.29, 1.82) is 0 Å². The predicted octanol–water partition coefficient (Wildman–Crippen LogP) is 3.99. The number of hydrogen-bond donors (Lipinski definition) is 0. The second-order valence-electron chi connectivity index (χ2n) is 3.77. The molecular weight excluding hydrogens is 318 g/mol. The van der Waals surface area contributed by atoms with E-state index < -0.39 is 24.0 Å². The van der Waals surface area contributed by atoms with Crippen LogP contribution in [-0.4, -0.2) is 12.4 Å². The molecule has 19 heavy (non-hydrogen) atoms. The van der Waals surface area contributed by atoms with E-state index in [1.54, 1.807) is 24.3 Å². The van der Waals surface area contributed by atoms with E-state index in [2.05, 4.69) is 15.9 Å². The first kappa shape index (κ1) is 13.7. The molecular formula is C14H9BrF2O2. The van der Waals surface area contributed by atoms with Crippen molar-refractivity contribution in [3.63, 3.8) is 0 Å². The van der Waals surface area contributed by atoms with Gasteiger partial charge >= 0.3 is 0 Å². The van der Waals surface area contributed by atoms with E-state index >= 15 is 0 Å². The first-order chi connectivity index (χ1) is 9.08. The molecule has 5 heteroatoms. The summed E-state index contributed by atoms with van der Waals surface area (Å²) < 4.78 is 32.2. The van der Waals surface area contributed by atoms with Gasteiger partial charge in [0.05, 0.1) is 0 Å². The van der Waals surface area contributed by atoms with E-state index in [1.165, 1.54) is 6.07 Å². The highest BCUT2D eigenvalue weighted by Gasteiger charge is 2.13. The van der Waals surface area contributed by atoms with Crippen LogP contribution in [0.3, 0.4) is 0 Å². The molecule has 2 aromatic rings. The van der Waals surface area contributed by atoms with Crippen LogP contribution < -0.4 is 4.74 Å². The number of benzene rings is 2. The summed E-state index contributed by atoms with van der Waals surface area (Å²) in [7, 11) is 0. The van der Waals surface area contributed by atoms with Gasteiger partial charge in [0.2, 0.25) is 0 Å². The molecule has 0 saturated heterocycles. The number of halogens is 3. The fourth-order valence-corrected chi connectivity index (χ4v) is 1.90. The molecule has 0 heterocycles. The molecule has 0 aromatic heterocycles. The zero-order valence-corrected chi connectivity index (χ0v) is 11.3. The SMILES string of the molecule is O=C(COc1c(F)cccc1F)c1cccc(Br)c1. The van der Waals surface area contributed by atoms with E-state index in [1.807, 2.05) is 0 Å². The molecule has 0 atom stereocenters. The van der Waals surface area contributed by atoms with Crippen molar-refractivity contribution < 1.29 is 18.3 Å². The zero-order valence-electron chi connectivity index (χ0n) is 9.70. The first-order valence-electron chi connectivity index (χ1n) is 5.43. The third-order valence-electron chi connectivity index (χ3n) is 2.41. The Morgan fingerprint density at radius 2 is 1.74 bits per heavy atom. The van der Waals surface area contributed by atoms with Crippen molar-refractivity contribution in [3.05, 3.63) is 64.1 Å². The van der Waals surface area contributed by atoms with Gasteiger partial charge in [-0.15, -0.1) is 0 Å². The quantitative estimate of drug-likeness (QED) is 0.794. The van der Waals surface area contributed by atoms with Gasteiger partial charge < -0.3 is 4.74 Å². The van der Waals surface area contributed by atoms with Crippen LogP contribution >= 0.6 is 15.9 Å². The van der Waals surface area contributed by atoms with Crippen LogP contribution in [0.5, 0.6) is 5.75 Å². The lowest BCUT2D eigenvalue weighted by Gasteiger charge is -2.07. The van der Waals surface area contributed by atoms with E-state index in [-0.39, 0.29) is 5.78 Å². The summed E-state index contributed by atoms with van der Waals surface area (Å²) in [5, 5.41) is 0. The van der Waals surface area contributed by atoms with Gasteiger partial charge in [-0.05, 0) is 24.3 Å². The third kappa shape index (κ3) is 3.38. The van der Waals surface area contributed by atoms with Crippen molar-refractivity contribution in [3.8, 4) is 5.75 Å². The Hall–Kier alpha value is -1.75. The Balaban J connectivity index is 2.09. The Morgan fingerprint density at radius 1 is 1.11 bits per heavy atom. The summed E-state index contributed by atoms with van der Waals surface area (Å²) in [5.41, 5.74) is 0.408. The summed E-state index contributed by atoms with van der Waals surface area (Å²) in [6.45, 7) is -0.422. The standard InChI is InChI=1S/C14H9BrF2O2/c15-10-4-1-3-9(7-10)13(18)8-19-14-11(16)5-2-6-12(14)17/h1-7H,8H2. The van der Waals surface area contributed by atoms with Crippen LogP contribution in [-0.2, 0) is 0 Å². The lowest BCUT2D eigenvalue weighted by molar-refractivity contribution is 0.0915. The average molecular weight is 327 g/mol. The molecule has 0 fully saturated rings. The summed E-state index contributed by atoms with van der Waals surface area (Å²) in [6, 6.07) is 10.1. The van der Waals surface area contributed by atoms with Gasteiger partial charge in [0.25, 0.3) is 0 Å². The molecule has 0 bridgehead atoms. The van der Waals surface area contributed by atoms with Gasteiger partial charge in [-0.3, -0.25) is 4.79 Å². The van der Waals surface area contributed by atoms with Gasteiger partial charge in [0.1, 0.15) is 0 Å². The van der Waals surface area contributed by atoms with E-state index in [4.69, 9.17) is 4.74 Å². The second kappa shape index (κ2) is 5.93. The van der Waals surface area contributed by atoms with Crippen LogP contribution in [0, 0.1) is 11.6 Å². The number of carbonyl (C=O) groups excluding carboxylic acids is 1. The molecule has 0 aliphatic rings. The molecule has 0 N–H and O–H groups in total. The maximum Gasteiger partial charge on any atom is 0.200 e. The molecule has 0 aliphatic heterocycles. The second-order valence-corrected chi connectivity index (χ2v) is 4.69. The molecule has 2 rings (SSSR count). The maximum atomic E-state index is 13.3. The van der Waals surface area contributed by atoms with Gasteiger partial charge in [-0.1, -0.05) is 34.1 Å². The third-order valence-corrected chi connectivity index (χ3v) is 2.91. The van der Waals surface area contributed by atoms with Crippen LogP contribution in [0.2, 0.25) is 0 Å². The van der Waals surface area contributed by atoms with Gasteiger partial charge in [0.15, 0.2) is 29.8 Å². The highest BCUT2D eigenvalue weighted by atomic mass is 79.9. The topological polar surface area (TPSA) is 26.3 Å². The largest absolute Gasteiger partial charge is 0.479 e. The normalized spacial score (nSPS) is 10.3. The van der Waals surface area contributed by atoms with Crippen molar-refractivity contribution >= 4 is 21.7 Å². The molecule has 0 radical (unpaired) electrons. The molecule has 98 valence electrons. The lowest BCUT2D eigenvalue weighted by atomic mass is 10.1. The van der Waals surface area contributed by atoms with Gasteiger partial charge in [-0.25, -0.2) is 8.78 Å². The number of Topliss-reactive ketones (excluding diaryl/α,β-unsaturated/α-hetero) is 1. The van der Waals surface area contributed by atoms with E-state index in [0.29, 0.717) is 5.56 Å². The fraction of sp³-hybridized carbons (Fsp3) is 0.0714. The fourth-order valence-electron chi connectivity index (χ4n) is 1.50. The van der Waals surface area contributed by atoms with Crippen LogP contribution in [0.25, 0.3) is 0 Å². The molecule has 0 spiro atoms. The number of hydrogen-bond acceptors (Lipinski definition) is 2. The van der Waals surface area contributed by atoms with Gasteiger partial charge in [0, 0.05) is 10.0 Å². The Labute approximate surface area is 117 Å². The minimum atomic E-state index is -0.831. The van der Waals surface area contributed by atoms with Crippen molar-refractivity contribution in [2.24, 2.45) is 0 Å². The minimum absolute atomic E-state index is 0.357. The van der Waals surface area contributed by atoms with Crippen LogP contribution in [0.1, 0.15) is 10.4 Å². The highest BCUT2D eigenvalue weighted by Crippen LogP contribution is 2.21. The van der Waals surface area contributed by atoms with Crippen molar-refractivity contribution in [1.82, 2.24) is 0 Å². The number of rotatable bonds is 4. The summed E-state index contributed by atoms with van der Waals surface area (Å²) in [6.07, 6.45) is 0. The minimum Gasteiger partial charge on any atom is -0.479 e. The Bertz CT molecular complexity index is 594. The number of carbonyl (C=O) groups is 1. The van der Waals surface area contributed by atoms with Crippen LogP contribution in [0.15, 0.2) is 46.9 Å². The molecule has 0 saturated carbocycles.